The van der Waals surface area contributed by atoms with Crippen molar-refractivity contribution in [1.82, 2.24) is 26.1 Å². The fraction of sp³-hybridized carbons (Fsp3) is 0.450. The topological polar surface area (TPSA) is 78.9 Å². The molecule has 2 unspecified atom stereocenters. The lowest BCUT2D eigenvalue weighted by atomic mass is 9.95. The van der Waals surface area contributed by atoms with E-state index in [4.69, 9.17) is 0 Å². The Hall–Kier alpha value is -2.38. The third-order valence-electron chi connectivity index (χ3n) is 5.36. The van der Waals surface area contributed by atoms with Crippen molar-refractivity contribution in [3.8, 4) is 0 Å². The maximum absolute atomic E-state index is 13.9. The molecule has 1 fully saturated rings. The molecule has 2 heterocycles. The summed E-state index contributed by atoms with van der Waals surface area (Å²) in [7, 11) is 0. The molecule has 0 spiro atoms. The van der Waals surface area contributed by atoms with Crippen LogP contribution in [0, 0.1) is 12.7 Å². The van der Waals surface area contributed by atoms with E-state index in [1.165, 1.54) is 18.1 Å². The highest BCUT2D eigenvalue weighted by atomic mass is 19.1. The summed E-state index contributed by atoms with van der Waals surface area (Å²) >= 11 is 0. The second-order valence-electron chi connectivity index (χ2n) is 7.23. The van der Waals surface area contributed by atoms with Crippen LogP contribution in [0.3, 0.4) is 0 Å². The van der Waals surface area contributed by atoms with Gasteiger partial charge in [-0.1, -0.05) is 18.2 Å². The Morgan fingerprint density at radius 1 is 1.22 bits per heavy atom. The first-order chi connectivity index (χ1) is 13.1. The first kappa shape index (κ1) is 18.0. The zero-order chi connectivity index (χ0) is 18.8. The van der Waals surface area contributed by atoms with Gasteiger partial charge in [0.25, 0.3) is 0 Å². The van der Waals surface area contributed by atoms with Crippen LogP contribution in [0.2, 0.25) is 0 Å². The molecule has 1 aliphatic carbocycles. The van der Waals surface area contributed by atoms with E-state index in [-0.39, 0.29) is 17.8 Å². The minimum Gasteiger partial charge on any atom is -0.347 e. The molecule has 7 heteroatoms. The molecule has 142 valence electrons. The van der Waals surface area contributed by atoms with Crippen molar-refractivity contribution in [2.45, 2.75) is 57.7 Å². The molecule has 1 aromatic carbocycles. The summed E-state index contributed by atoms with van der Waals surface area (Å²) in [6.07, 6.45) is 4.86. The quantitative estimate of drug-likeness (QED) is 0.769. The van der Waals surface area contributed by atoms with E-state index < -0.39 is 6.04 Å². The molecule has 0 radical (unpaired) electrons. The minimum atomic E-state index is -0.423. The summed E-state index contributed by atoms with van der Waals surface area (Å²) < 4.78 is 13.9. The molecule has 1 amide bonds. The van der Waals surface area contributed by atoms with Gasteiger partial charge in [-0.15, -0.1) is 0 Å². The number of halogens is 1. The Morgan fingerprint density at radius 3 is 2.89 bits per heavy atom. The lowest BCUT2D eigenvalue weighted by molar-refractivity contribution is -0.123. The maximum Gasteiger partial charge on any atom is 0.238 e. The van der Waals surface area contributed by atoms with Gasteiger partial charge in [-0.3, -0.25) is 4.79 Å². The van der Waals surface area contributed by atoms with Crippen molar-refractivity contribution in [1.29, 1.82) is 0 Å². The predicted molar refractivity (Wildman–Crippen MR) is 99.1 cm³/mol. The van der Waals surface area contributed by atoms with Gasteiger partial charge in [0.05, 0.1) is 12.6 Å². The van der Waals surface area contributed by atoms with Crippen LogP contribution >= 0.6 is 0 Å². The summed E-state index contributed by atoms with van der Waals surface area (Å²) in [5, 5.41) is 2.90. The fourth-order valence-electron chi connectivity index (χ4n) is 3.90. The lowest BCUT2D eigenvalue weighted by Gasteiger charge is -2.18. The van der Waals surface area contributed by atoms with E-state index in [2.05, 4.69) is 26.1 Å². The van der Waals surface area contributed by atoms with E-state index in [9.17, 15) is 9.18 Å². The second kappa shape index (κ2) is 7.70. The number of aromatic nitrogens is 2. The summed E-state index contributed by atoms with van der Waals surface area (Å²) in [6, 6.07) is 5.96. The Morgan fingerprint density at radius 2 is 2.04 bits per heavy atom. The molecule has 27 heavy (non-hydrogen) atoms. The normalized spacial score (nSPS) is 21.7. The number of benzene rings is 1. The third kappa shape index (κ3) is 3.84. The number of nitrogens with zero attached hydrogens (tertiary/aromatic N) is 2. The number of amides is 1. The Kier molecular flexibility index (Phi) is 5.13. The van der Waals surface area contributed by atoms with E-state index in [1.54, 1.807) is 18.2 Å². The highest BCUT2D eigenvalue weighted by molar-refractivity contribution is 5.82. The van der Waals surface area contributed by atoms with Gasteiger partial charge in [-0.05, 0) is 50.7 Å². The van der Waals surface area contributed by atoms with Crippen LogP contribution < -0.4 is 16.2 Å². The van der Waals surface area contributed by atoms with E-state index in [1.807, 2.05) is 6.92 Å². The van der Waals surface area contributed by atoms with Gasteiger partial charge in [0.2, 0.25) is 5.91 Å². The van der Waals surface area contributed by atoms with Crippen molar-refractivity contribution in [2.24, 2.45) is 0 Å². The zero-order valence-corrected chi connectivity index (χ0v) is 15.4. The number of fused-ring (bicyclic) bond motifs is 1. The number of carbonyl (C=O) groups excluding carboxylic acids is 1. The summed E-state index contributed by atoms with van der Waals surface area (Å²) in [5.74, 6) is 0.245. The van der Waals surface area contributed by atoms with Gasteiger partial charge < -0.3 is 5.32 Å². The van der Waals surface area contributed by atoms with Crippen molar-refractivity contribution >= 4 is 5.91 Å². The highest BCUT2D eigenvalue weighted by Gasteiger charge is 2.31. The first-order valence-corrected chi connectivity index (χ1v) is 9.50. The molecule has 1 saturated heterocycles. The Bertz CT molecular complexity index is 856. The van der Waals surface area contributed by atoms with Gasteiger partial charge >= 0.3 is 0 Å². The number of carbonyl (C=O) groups is 1. The molecule has 0 bridgehead atoms. The average molecular weight is 369 g/mol. The number of hydrogen-bond acceptors (Lipinski definition) is 5. The lowest BCUT2D eigenvalue weighted by Crippen LogP contribution is -2.43. The highest BCUT2D eigenvalue weighted by Crippen LogP contribution is 2.25. The van der Waals surface area contributed by atoms with E-state index in [0.29, 0.717) is 24.4 Å². The Balaban J connectivity index is 1.36. The van der Waals surface area contributed by atoms with Crippen LogP contribution in [0.5, 0.6) is 0 Å². The number of hydrazine groups is 1. The molecular weight excluding hydrogens is 345 g/mol. The second-order valence-corrected chi connectivity index (χ2v) is 7.23. The molecule has 0 saturated carbocycles. The molecule has 2 aliphatic rings. The molecule has 1 aromatic heterocycles. The van der Waals surface area contributed by atoms with E-state index >= 15 is 0 Å². The molecule has 6 nitrogen and oxygen atoms in total. The molecule has 1 aliphatic heterocycles. The van der Waals surface area contributed by atoms with Crippen LogP contribution in [0.1, 0.15) is 53.6 Å². The maximum atomic E-state index is 13.9. The molecule has 4 rings (SSSR count). The Labute approximate surface area is 158 Å². The minimum absolute atomic E-state index is 0.139. The predicted octanol–water partition coefficient (Wildman–Crippen LogP) is 2.03. The molecule has 2 aromatic rings. The van der Waals surface area contributed by atoms with Crippen LogP contribution in [0.15, 0.2) is 24.3 Å². The zero-order valence-electron chi connectivity index (χ0n) is 15.4. The SMILES string of the molecule is Cc1nc(CNC(=O)C2CC(c3ccccc3F)NN2)nc2c1CCCC2. The molecular formula is C20H24FN5O. The summed E-state index contributed by atoms with van der Waals surface area (Å²) in [5.41, 5.74) is 9.95. The van der Waals surface area contributed by atoms with Gasteiger partial charge in [-0.2, -0.15) is 0 Å². The van der Waals surface area contributed by atoms with Crippen LogP contribution in [-0.4, -0.2) is 21.9 Å². The smallest absolute Gasteiger partial charge is 0.238 e. The van der Waals surface area contributed by atoms with E-state index in [0.717, 1.165) is 30.7 Å². The number of hydrogen-bond donors (Lipinski definition) is 3. The number of rotatable bonds is 4. The number of nitrogens with one attached hydrogen (secondary N) is 3. The van der Waals surface area contributed by atoms with Gasteiger partial charge in [0, 0.05) is 17.0 Å². The van der Waals surface area contributed by atoms with Crippen molar-refractivity contribution < 1.29 is 9.18 Å². The first-order valence-electron chi connectivity index (χ1n) is 9.50. The van der Waals surface area contributed by atoms with Gasteiger partial charge in [0.15, 0.2) is 0 Å². The number of aryl methyl sites for hydroxylation is 2. The van der Waals surface area contributed by atoms with Crippen molar-refractivity contribution in [2.75, 3.05) is 0 Å². The monoisotopic (exact) mass is 369 g/mol. The van der Waals surface area contributed by atoms with Gasteiger partial charge in [0.1, 0.15) is 17.7 Å². The standard InChI is InChI=1S/C20H24FN5O/c1-12-13-6-3-5-9-16(13)24-19(23-12)11-22-20(27)18-10-17(25-26-18)14-7-2-4-8-15(14)21/h2,4,7-8,17-18,25-26H,3,5-6,9-11H2,1H3,(H,22,27). The molecule has 3 N–H and O–H groups in total. The summed E-state index contributed by atoms with van der Waals surface area (Å²) in [6.45, 7) is 2.31. The third-order valence-corrected chi connectivity index (χ3v) is 5.36. The van der Waals surface area contributed by atoms with Crippen molar-refractivity contribution in [3.05, 3.63) is 58.4 Å². The fourth-order valence-corrected chi connectivity index (χ4v) is 3.90. The van der Waals surface area contributed by atoms with Crippen LogP contribution in [-0.2, 0) is 24.2 Å². The summed E-state index contributed by atoms with van der Waals surface area (Å²) in [4.78, 5) is 21.7. The largest absolute Gasteiger partial charge is 0.347 e. The van der Waals surface area contributed by atoms with Crippen LogP contribution in [0.4, 0.5) is 4.39 Å². The van der Waals surface area contributed by atoms with Gasteiger partial charge in [-0.25, -0.2) is 25.2 Å². The van der Waals surface area contributed by atoms with Crippen LogP contribution in [0.25, 0.3) is 0 Å². The molecule has 2 atom stereocenters. The van der Waals surface area contributed by atoms with Crippen molar-refractivity contribution in [3.63, 3.8) is 0 Å². The average Bonchev–Trinajstić information content (AvgIpc) is 3.16.